The van der Waals surface area contributed by atoms with Crippen LogP contribution in [0.15, 0.2) is 72.8 Å². The van der Waals surface area contributed by atoms with E-state index in [0.717, 1.165) is 16.7 Å². The Balaban J connectivity index is 1.72. The Kier molecular flexibility index (Phi) is 5.99. The number of carbonyl (C=O) groups excluding carboxylic acids is 1. The number of aryl methyl sites for hydroxylation is 2. The van der Waals surface area contributed by atoms with Crippen molar-refractivity contribution in [3.63, 3.8) is 0 Å². The minimum atomic E-state index is -0.429. The van der Waals surface area contributed by atoms with E-state index in [1.807, 2.05) is 44.2 Å². The summed E-state index contributed by atoms with van der Waals surface area (Å²) in [6.45, 7) is 3.92. The summed E-state index contributed by atoms with van der Waals surface area (Å²) in [4.78, 5) is 12.3. The maximum Gasteiger partial charge on any atom is 0.238 e. The zero-order valence-corrected chi connectivity index (χ0v) is 15.5. The highest BCUT2D eigenvalue weighted by Crippen LogP contribution is 2.22. The number of hydrogen-bond donors (Lipinski definition) is 2. The molecule has 0 unspecified atom stereocenters. The second-order valence-corrected chi connectivity index (χ2v) is 6.67. The van der Waals surface area contributed by atoms with Gasteiger partial charge < -0.3 is 5.32 Å². The highest BCUT2D eigenvalue weighted by Gasteiger charge is 2.15. The van der Waals surface area contributed by atoms with Crippen LogP contribution >= 0.6 is 0 Å². The fourth-order valence-electron chi connectivity index (χ4n) is 2.94. The molecule has 1 atom stereocenters. The Morgan fingerprint density at radius 2 is 1.52 bits per heavy atom. The minimum Gasteiger partial charge on any atom is -0.322 e. The standard InChI is InChI=1S/C23H23FN2O/c1-16-8-11-19(12-9-16)23(18-6-4-3-5-7-18)25-15-22(27)26-21-13-10-17(2)14-20(21)24/h3-14,23,25H,15H2,1-2H3,(H,26,27)/t23-/m0/s1. The van der Waals surface area contributed by atoms with Gasteiger partial charge in [-0.25, -0.2) is 4.39 Å². The lowest BCUT2D eigenvalue weighted by molar-refractivity contribution is -0.115. The third-order valence-corrected chi connectivity index (χ3v) is 4.41. The van der Waals surface area contributed by atoms with Crippen molar-refractivity contribution >= 4 is 11.6 Å². The molecular weight excluding hydrogens is 339 g/mol. The second kappa shape index (κ2) is 8.60. The Labute approximate surface area is 159 Å². The van der Waals surface area contributed by atoms with Gasteiger partial charge in [-0.1, -0.05) is 66.2 Å². The average molecular weight is 362 g/mol. The molecule has 0 aromatic heterocycles. The van der Waals surface area contributed by atoms with Crippen LogP contribution in [0.4, 0.5) is 10.1 Å². The molecule has 0 fully saturated rings. The van der Waals surface area contributed by atoms with Gasteiger partial charge in [0.25, 0.3) is 0 Å². The number of hydrogen-bond acceptors (Lipinski definition) is 2. The highest BCUT2D eigenvalue weighted by molar-refractivity contribution is 5.92. The van der Waals surface area contributed by atoms with Crippen LogP contribution in [-0.4, -0.2) is 12.5 Å². The molecule has 0 radical (unpaired) electrons. The highest BCUT2D eigenvalue weighted by atomic mass is 19.1. The molecule has 0 spiro atoms. The molecular formula is C23H23FN2O. The van der Waals surface area contributed by atoms with Crippen molar-refractivity contribution in [2.24, 2.45) is 0 Å². The Morgan fingerprint density at radius 1 is 0.889 bits per heavy atom. The van der Waals surface area contributed by atoms with Gasteiger partial charge in [-0.15, -0.1) is 0 Å². The molecule has 2 N–H and O–H groups in total. The molecule has 1 amide bonds. The summed E-state index contributed by atoms with van der Waals surface area (Å²) in [6, 6.07) is 22.8. The quantitative estimate of drug-likeness (QED) is 0.664. The Bertz CT molecular complexity index is 907. The molecule has 27 heavy (non-hydrogen) atoms. The maximum absolute atomic E-state index is 13.9. The van der Waals surface area contributed by atoms with Gasteiger partial charge >= 0.3 is 0 Å². The molecule has 0 aliphatic carbocycles. The molecule has 138 valence electrons. The van der Waals surface area contributed by atoms with Crippen LogP contribution in [0, 0.1) is 19.7 Å². The molecule has 3 aromatic rings. The molecule has 0 heterocycles. The van der Waals surface area contributed by atoms with E-state index >= 15 is 0 Å². The van der Waals surface area contributed by atoms with Crippen LogP contribution in [-0.2, 0) is 4.79 Å². The molecule has 0 saturated carbocycles. The topological polar surface area (TPSA) is 41.1 Å². The first-order valence-electron chi connectivity index (χ1n) is 8.94. The van der Waals surface area contributed by atoms with Crippen molar-refractivity contribution < 1.29 is 9.18 Å². The summed E-state index contributed by atoms with van der Waals surface area (Å²) < 4.78 is 13.9. The summed E-state index contributed by atoms with van der Waals surface area (Å²) in [5, 5.41) is 5.92. The van der Waals surface area contributed by atoms with Gasteiger partial charge in [0.1, 0.15) is 5.82 Å². The lowest BCUT2D eigenvalue weighted by Gasteiger charge is -2.20. The minimum absolute atomic E-state index is 0.0702. The fourth-order valence-corrected chi connectivity index (χ4v) is 2.94. The average Bonchev–Trinajstić information content (AvgIpc) is 2.66. The summed E-state index contributed by atoms with van der Waals surface area (Å²) in [5.41, 5.74) is 4.32. The predicted molar refractivity (Wildman–Crippen MR) is 107 cm³/mol. The van der Waals surface area contributed by atoms with Crippen molar-refractivity contribution in [2.75, 3.05) is 11.9 Å². The largest absolute Gasteiger partial charge is 0.322 e. The predicted octanol–water partition coefficient (Wildman–Crippen LogP) is 4.76. The summed E-state index contributed by atoms with van der Waals surface area (Å²) in [7, 11) is 0. The Hall–Kier alpha value is -2.98. The fraction of sp³-hybridized carbons (Fsp3) is 0.174. The Morgan fingerprint density at radius 3 is 2.19 bits per heavy atom. The number of benzene rings is 3. The number of carbonyl (C=O) groups is 1. The summed E-state index contributed by atoms with van der Waals surface area (Å²) >= 11 is 0. The SMILES string of the molecule is Cc1ccc([C@@H](NCC(=O)Nc2ccc(C)cc2F)c2ccccc2)cc1. The van der Waals surface area contributed by atoms with E-state index in [-0.39, 0.29) is 24.2 Å². The first kappa shape index (κ1) is 18.8. The molecule has 0 aliphatic rings. The van der Waals surface area contributed by atoms with Crippen LogP contribution in [0.3, 0.4) is 0 Å². The van der Waals surface area contributed by atoms with Gasteiger partial charge in [0, 0.05) is 0 Å². The van der Waals surface area contributed by atoms with E-state index in [1.54, 1.807) is 12.1 Å². The molecule has 3 rings (SSSR count). The van der Waals surface area contributed by atoms with E-state index < -0.39 is 5.82 Å². The van der Waals surface area contributed by atoms with Gasteiger partial charge in [0.15, 0.2) is 0 Å². The normalized spacial score (nSPS) is 11.8. The number of anilines is 1. The third kappa shape index (κ3) is 5.02. The van der Waals surface area contributed by atoms with Gasteiger partial charge in [-0.05, 0) is 42.7 Å². The smallest absolute Gasteiger partial charge is 0.238 e. The molecule has 3 nitrogen and oxygen atoms in total. The summed E-state index contributed by atoms with van der Waals surface area (Å²) in [5.74, 6) is -0.715. The van der Waals surface area contributed by atoms with Crippen LogP contribution in [0.1, 0.15) is 28.3 Å². The van der Waals surface area contributed by atoms with Crippen molar-refractivity contribution in [3.8, 4) is 0 Å². The van der Waals surface area contributed by atoms with Crippen LogP contribution in [0.5, 0.6) is 0 Å². The number of halogens is 1. The van der Waals surface area contributed by atoms with Crippen LogP contribution in [0.2, 0.25) is 0 Å². The van der Waals surface area contributed by atoms with E-state index in [2.05, 4.69) is 34.9 Å². The van der Waals surface area contributed by atoms with Gasteiger partial charge in [-0.3, -0.25) is 10.1 Å². The van der Waals surface area contributed by atoms with E-state index in [9.17, 15) is 9.18 Å². The third-order valence-electron chi connectivity index (χ3n) is 4.41. The first-order valence-corrected chi connectivity index (χ1v) is 8.94. The first-order chi connectivity index (χ1) is 13.0. The molecule has 4 heteroatoms. The number of rotatable bonds is 6. The zero-order valence-electron chi connectivity index (χ0n) is 15.5. The molecule has 0 bridgehead atoms. The number of amides is 1. The van der Waals surface area contributed by atoms with E-state index in [0.29, 0.717) is 0 Å². The molecule has 3 aromatic carbocycles. The zero-order chi connectivity index (χ0) is 19.2. The van der Waals surface area contributed by atoms with E-state index in [1.165, 1.54) is 11.6 Å². The van der Waals surface area contributed by atoms with Crippen molar-refractivity contribution in [2.45, 2.75) is 19.9 Å². The summed E-state index contributed by atoms with van der Waals surface area (Å²) in [6.07, 6.45) is 0. The van der Waals surface area contributed by atoms with Crippen molar-refractivity contribution in [1.82, 2.24) is 5.32 Å². The van der Waals surface area contributed by atoms with Gasteiger partial charge in [0.2, 0.25) is 5.91 Å². The van der Waals surface area contributed by atoms with Crippen molar-refractivity contribution in [3.05, 3.63) is 101 Å². The lowest BCUT2D eigenvalue weighted by Crippen LogP contribution is -2.32. The van der Waals surface area contributed by atoms with E-state index in [4.69, 9.17) is 0 Å². The monoisotopic (exact) mass is 362 g/mol. The van der Waals surface area contributed by atoms with Crippen LogP contribution < -0.4 is 10.6 Å². The second-order valence-electron chi connectivity index (χ2n) is 6.67. The molecule has 0 saturated heterocycles. The molecule has 0 aliphatic heterocycles. The number of nitrogens with one attached hydrogen (secondary N) is 2. The van der Waals surface area contributed by atoms with Gasteiger partial charge in [0.05, 0.1) is 18.3 Å². The van der Waals surface area contributed by atoms with Crippen molar-refractivity contribution in [1.29, 1.82) is 0 Å². The lowest BCUT2D eigenvalue weighted by atomic mass is 9.98. The van der Waals surface area contributed by atoms with Crippen LogP contribution in [0.25, 0.3) is 0 Å². The van der Waals surface area contributed by atoms with Gasteiger partial charge in [-0.2, -0.15) is 0 Å². The maximum atomic E-state index is 13.9.